The summed E-state index contributed by atoms with van der Waals surface area (Å²) in [6, 6.07) is 0. The van der Waals surface area contributed by atoms with Gasteiger partial charge in [0.05, 0.1) is 11.1 Å². The largest absolute Gasteiger partial charge is 0.584 e. The third-order valence-corrected chi connectivity index (χ3v) is 13.9. The van der Waals surface area contributed by atoms with Crippen LogP contribution >= 0.6 is 0 Å². The summed E-state index contributed by atoms with van der Waals surface area (Å²) in [7, 11) is 0. The average Bonchev–Trinajstić information content (AvgIpc) is 3.08. The van der Waals surface area contributed by atoms with E-state index in [1.165, 1.54) is 0 Å². The van der Waals surface area contributed by atoms with E-state index in [4.69, 9.17) is 0 Å². The first kappa shape index (κ1) is 42.4. The summed E-state index contributed by atoms with van der Waals surface area (Å²) < 4.78 is 404. The van der Waals surface area contributed by atoms with Crippen molar-refractivity contribution < 1.29 is 122 Å². The van der Waals surface area contributed by atoms with Crippen LogP contribution in [0.2, 0.25) is 0 Å². The Labute approximate surface area is 283 Å². The molecule has 0 radical (unpaired) electrons. The zero-order chi connectivity index (χ0) is 42.9. The SMILES string of the molecule is Fc1c(F)c(F)[c]([Al-]([F])([C]2(F)c3c(F)c(F)c(F)c(F)c3C(F)(F)C(F)(F)C2(F)F)[C]2(F)c3c(F)c(F)c(F)c(F)c3C(F)(F)C(F)(F)C2(F)F)c(F)c1F. The van der Waals surface area contributed by atoms with Crippen LogP contribution in [0.1, 0.15) is 22.3 Å². The predicted octanol–water partition coefficient (Wildman–Crippen LogP) is 10.2. The summed E-state index contributed by atoms with van der Waals surface area (Å²) in [6.45, 7) is 0. The Hall–Kier alpha value is -3.77. The molecule has 0 fully saturated rings. The zero-order valence-corrected chi connectivity index (χ0v) is 25.3. The van der Waals surface area contributed by atoms with Crippen molar-refractivity contribution in [3.63, 3.8) is 0 Å². The number of rotatable bonds is 3. The van der Waals surface area contributed by atoms with Crippen LogP contribution in [0.25, 0.3) is 0 Å². The Bertz CT molecular complexity index is 2080. The topological polar surface area (TPSA) is 0 Å². The van der Waals surface area contributed by atoms with Crippen LogP contribution in [0.4, 0.5) is 122 Å². The van der Waals surface area contributed by atoms with E-state index in [1.807, 2.05) is 0 Å². The molecule has 0 heterocycles. The lowest BCUT2D eigenvalue weighted by molar-refractivity contribution is -0.364. The number of benzene rings is 3. The molecule has 0 amide bonds. The second-order valence-electron chi connectivity index (χ2n) is 11.6. The fraction of sp³-hybridized carbons (Fsp3) is 0.308. The summed E-state index contributed by atoms with van der Waals surface area (Å²) >= 11 is -12.3. The van der Waals surface area contributed by atoms with Crippen LogP contribution in [-0.2, 0) is 20.9 Å². The molecule has 2 aliphatic carbocycles. The standard InChI is InChI=1S/2C10F11.C6F5.Al.FH/c2*11-3-1-2(4(12)6(14)5(3)13)8(16,17)10(20,21)9(18,19)7(1)15;7-2-1-3(8)5(10)6(11)4(2)9;;/h;;;;1H/p-1. The molecule has 0 bridgehead atoms. The fourth-order valence-corrected chi connectivity index (χ4v) is 11.6. The Morgan fingerprint density at radius 3 is 0.709 bits per heavy atom. The first-order valence-corrected chi connectivity index (χ1v) is 15.4. The third-order valence-electron chi connectivity index (χ3n) is 9.12. The van der Waals surface area contributed by atoms with E-state index in [9.17, 15) is 57.1 Å². The summed E-state index contributed by atoms with van der Waals surface area (Å²) in [5.74, 6) is -107. The molecule has 5 rings (SSSR count). The van der Waals surface area contributed by atoms with Crippen molar-refractivity contribution in [1.29, 1.82) is 0 Å². The molecule has 0 saturated heterocycles. The van der Waals surface area contributed by atoms with Gasteiger partial charge in [-0.05, 0) is 0 Å². The molecule has 3 aromatic carbocycles. The highest BCUT2D eigenvalue weighted by atomic mass is 27.3. The van der Waals surface area contributed by atoms with Crippen LogP contribution in [0, 0.1) is 75.6 Å². The van der Waals surface area contributed by atoms with Gasteiger partial charge < -0.3 is 3.52 Å². The van der Waals surface area contributed by atoms with Crippen molar-refractivity contribution in [3.8, 4) is 0 Å². The Morgan fingerprint density at radius 1 is 0.255 bits per heavy atom. The van der Waals surface area contributed by atoms with E-state index in [0.717, 1.165) is 0 Å². The number of alkyl halides is 14. The Morgan fingerprint density at radius 2 is 0.455 bits per heavy atom. The van der Waals surface area contributed by atoms with Gasteiger partial charge in [-0.25, -0.2) is 74.6 Å². The highest BCUT2D eigenvalue weighted by Crippen LogP contribution is 2.75. The molecule has 0 aliphatic heterocycles. The zero-order valence-electron chi connectivity index (χ0n) is 24.2. The smallest absolute Gasteiger partial charge is 0.485 e. The molecule has 3 aromatic rings. The van der Waals surface area contributed by atoms with Gasteiger partial charge in [0.15, 0.2) is 64.0 Å². The van der Waals surface area contributed by atoms with Crippen molar-refractivity contribution >= 4 is 18.0 Å². The summed E-state index contributed by atoms with van der Waals surface area (Å²) in [5, 5.41) is 0. The monoisotopic (exact) mass is 871 g/mol. The van der Waals surface area contributed by atoms with Gasteiger partial charge in [-0.3, -0.25) is 8.78 Å². The minimum absolute atomic E-state index is 3.92. The molecule has 55 heavy (non-hydrogen) atoms. The van der Waals surface area contributed by atoms with E-state index in [0.29, 0.717) is 0 Å². The third kappa shape index (κ3) is 4.03. The van der Waals surface area contributed by atoms with E-state index in [1.54, 1.807) is 0 Å². The molecule has 2 atom stereocenters. The van der Waals surface area contributed by atoms with Gasteiger partial charge in [-0.15, -0.1) is 4.43 Å². The number of fused-ring (bicyclic) bond motifs is 2. The molecular formula is C26AlF28-. The molecule has 0 spiro atoms. The predicted molar refractivity (Wildman–Crippen MR) is 118 cm³/mol. The van der Waals surface area contributed by atoms with Gasteiger partial charge in [0.25, 0.3) is 0 Å². The van der Waals surface area contributed by atoms with Crippen molar-refractivity contribution in [1.82, 2.24) is 0 Å². The summed E-state index contributed by atoms with van der Waals surface area (Å²) in [6.07, 6.45) is 0. The van der Waals surface area contributed by atoms with Crippen LogP contribution < -0.4 is 4.43 Å². The molecule has 29 heteroatoms. The van der Waals surface area contributed by atoms with Gasteiger partial charge >= 0.3 is 49.1 Å². The molecule has 0 N–H and O–H groups in total. The first-order valence-electron chi connectivity index (χ1n) is 13.2. The minimum atomic E-state index is -12.3. The Balaban J connectivity index is 2.35. The van der Waals surface area contributed by atoms with Gasteiger partial charge in [-0.1, -0.05) is 0 Å². The molecule has 0 saturated carbocycles. The second kappa shape index (κ2) is 11.2. The second-order valence-corrected chi connectivity index (χ2v) is 15.3. The van der Waals surface area contributed by atoms with Crippen LogP contribution in [0.5, 0.6) is 0 Å². The van der Waals surface area contributed by atoms with E-state index in [2.05, 4.69) is 0 Å². The quantitative estimate of drug-likeness (QED) is 0.107. The van der Waals surface area contributed by atoms with Gasteiger partial charge in [0.1, 0.15) is 20.7 Å². The number of halogens is 28. The number of hydrogen-bond donors (Lipinski definition) is 0. The molecule has 2 unspecified atom stereocenters. The summed E-state index contributed by atoms with van der Waals surface area (Å²) in [5.41, 5.74) is -19.6. The Kier molecular flexibility index (Phi) is 8.63. The molecule has 304 valence electrons. The van der Waals surface area contributed by atoms with Crippen molar-refractivity contribution in [2.24, 2.45) is 0 Å². The lowest BCUT2D eigenvalue weighted by atomic mass is 9.79. The maximum absolute atomic E-state index is 18.1. The number of hydrogen-bond acceptors (Lipinski definition) is 0. The van der Waals surface area contributed by atoms with Crippen molar-refractivity contribution in [2.75, 3.05) is 0 Å². The fourth-order valence-electron chi connectivity index (χ4n) is 6.56. The summed E-state index contributed by atoms with van der Waals surface area (Å²) in [4.78, 5) is 0. The normalized spacial score (nSPS) is 26.6. The van der Waals surface area contributed by atoms with Gasteiger partial charge in [0, 0.05) is 11.1 Å². The lowest BCUT2D eigenvalue weighted by Crippen LogP contribution is -2.86. The maximum atomic E-state index is 18.1. The minimum Gasteiger partial charge on any atom is -0.584 e. The van der Waals surface area contributed by atoms with Crippen molar-refractivity contribution in [3.05, 3.63) is 97.9 Å². The van der Waals surface area contributed by atoms with Crippen molar-refractivity contribution in [2.45, 2.75) is 44.6 Å². The maximum Gasteiger partial charge on any atom is 0.485 e. The van der Waals surface area contributed by atoms with Gasteiger partial charge in [0.2, 0.25) is 0 Å². The lowest BCUT2D eigenvalue weighted by Gasteiger charge is -2.61. The van der Waals surface area contributed by atoms with E-state index in [-0.39, 0.29) is 0 Å². The van der Waals surface area contributed by atoms with E-state index >= 15 is 65.0 Å². The highest BCUT2D eigenvalue weighted by Gasteiger charge is 2.97. The van der Waals surface area contributed by atoms with Crippen LogP contribution in [-0.4, -0.2) is 37.2 Å². The van der Waals surface area contributed by atoms with Gasteiger partial charge in [-0.2, -0.15) is 35.1 Å². The highest BCUT2D eigenvalue weighted by molar-refractivity contribution is 6.91. The molecule has 2 aliphatic rings. The first-order chi connectivity index (χ1) is 24.4. The van der Waals surface area contributed by atoms with E-state index < -0.39 is 160 Å². The van der Waals surface area contributed by atoms with Crippen LogP contribution in [0.3, 0.4) is 0 Å². The van der Waals surface area contributed by atoms with Crippen LogP contribution in [0.15, 0.2) is 0 Å². The average molecular weight is 871 g/mol. The molecule has 0 aromatic heterocycles. The molecular weight excluding hydrogens is 871 g/mol. The molecule has 0 nitrogen and oxygen atoms in total.